The van der Waals surface area contributed by atoms with Crippen LogP contribution in [0.3, 0.4) is 0 Å². The standard InChI is InChI=1S/C20H26I.C18H15S.2C2H6O6S2/c1-19(2,3)15-7-11-17(12-8-15)21-18-13-9-16(10-14-18)20(4,5)6;1-4-10-16(11-5-1)19(17-12-6-2-7-13-17)18-14-8-3-9-15-18;2*1-2(9(3,4)5)10(6,7)8/h7-14H,1-6H3;1-15H;2*2H,1H3,(H,3,4,5)(H,6,7,8)/q2*+1;;/p-2. The van der Waals surface area contributed by atoms with Crippen molar-refractivity contribution >= 4 is 51.4 Å². The van der Waals surface area contributed by atoms with Crippen LogP contribution < -0.4 is 21.2 Å². The van der Waals surface area contributed by atoms with Gasteiger partial charge in [-0.3, -0.25) is 9.11 Å². The third kappa shape index (κ3) is 18.4. The molecule has 0 radical (unpaired) electrons. The Bertz CT molecular complexity index is 2250. The van der Waals surface area contributed by atoms with Crippen LogP contribution >= 0.6 is 0 Å². The molecule has 0 aliphatic rings. The molecule has 0 bridgehead atoms. The van der Waals surface area contributed by atoms with E-state index in [-0.39, 0.29) is 42.9 Å². The maximum Gasteiger partial charge on any atom is 0.357 e. The van der Waals surface area contributed by atoms with Gasteiger partial charge >= 0.3 is 21.2 Å². The molecule has 0 aromatic heterocycles. The summed E-state index contributed by atoms with van der Waals surface area (Å²) in [6, 6.07) is 50.6. The van der Waals surface area contributed by atoms with Gasteiger partial charge in [0.1, 0.15) is 20.2 Å². The molecule has 0 heterocycles. The minimum atomic E-state index is -4.95. The third-order valence-corrected chi connectivity index (χ3v) is 19.3. The van der Waals surface area contributed by atoms with Gasteiger partial charge in [0, 0.05) is 0 Å². The lowest BCUT2D eigenvalue weighted by atomic mass is 9.87. The first-order valence-electron chi connectivity index (χ1n) is 18.0. The molecular weight excluding hydrogens is 984 g/mol. The summed E-state index contributed by atoms with van der Waals surface area (Å²) in [7, 11) is -19.4. The predicted octanol–water partition coefficient (Wildman–Crippen LogP) is 4.72. The second-order valence-corrected chi connectivity index (χ2v) is 27.5. The van der Waals surface area contributed by atoms with Gasteiger partial charge in [-0.2, -0.15) is 16.8 Å². The highest BCUT2D eigenvalue weighted by atomic mass is 127. The van der Waals surface area contributed by atoms with Crippen molar-refractivity contribution in [2.45, 2.75) is 90.1 Å². The van der Waals surface area contributed by atoms with Crippen LogP contribution in [0, 0.1) is 7.14 Å². The first kappa shape index (κ1) is 53.0. The Kier molecular flexibility index (Phi) is 19.6. The molecule has 0 spiro atoms. The first-order chi connectivity index (χ1) is 27.4. The highest BCUT2D eigenvalue weighted by molar-refractivity contribution is 8.04. The Morgan fingerprint density at radius 3 is 0.850 bits per heavy atom. The molecule has 0 amide bonds. The van der Waals surface area contributed by atoms with Crippen molar-refractivity contribution < 1.29 is 73.1 Å². The highest BCUT2D eigenvalue weighted by Gasteiger charge is 2.28. The molecule has 12 nitrogen and oxygen atoms in total. The molecule has 2 N–H and O–H groups in total. The van der Waals surface area contributed by atoms with E-state index in [0.29, 0.717) is 13.8 Å². The lowest BCUT2D eigenvalue weighted by molar-refractivity contribution is -0.597. The second kappa shape index (κ2) is 22.3. The van der Waals surface area contributed by atoms with Crippen molar-refractivity contribution in [1.82, 2.24) is 0 Å². The molecule has 0 aliphatic carbocycles. The molecule has 2 atom stereocenters. The van der Waals surface area contributed by atoms with E-state index in [4.69, 9.17) is 9.11 Å². The van der Waals surface area contributed by atoms with Gasteiger partial charge in [-0.25, -0.2) is 16.8 Å². The fourth-order valence-corrected chi connectivity index (χ4v) is 11.2. The topological polar surface area (TPSA) is 223 Å². The summed E-state index contributed by atoms with van der Waals surface area (Å²) < 4.78 is 114. The van der Waals surface area contributed by atoms with Crippen molar-refractivity contribution in [2.24, 2.45) is 0 Å². The van der Waals surface area contributed by atoms with Crippen molar-refractivity contribution in [1.29, 1.82) is 0 Å². The second-order valence-electron chi connectivity index (χ2n) is 15.0. The molecule has 328 valence electrons. The molecule has 2 unspecified atom stereocenters. The van der Waals surface area contributed by atoms with Crippen molar-refractivity contribution in [3.8, 4) is 0 Å². The zero-order valence-corrected chi connectivity index (χ0v) is 40.6. The Morgan fingerprint density at radius 1 is 0.450 bits per heavy atom. The van der Waals surface area contributed by atoms with Crippen LogP contribution in [-0.4, -0.2) is 61.0 Å². The van der Waals surface area contributed by atoms with Gasteiger partial charge in [0.15, 0.2) is 31.0 Å². The van der Waals surface area contributed by atoms with Gasteiger partial charge < -0.3 is 9.11 Å². The third-order valence-electron chi connectivity index (χ3n) is 8.23. The monoisotopic (exact) mass is 1030 g/mol. The maximum atomic E-state index is 9.95. The van der Waals surface area contributed by atoms with Crippen LogP contribution in [0.2, 0.25) is 0 Å². The molecule has 5 aromatic rings. The van der Waals surface area contributed by atoms with E-state index < -0.39 is 49.6 Å². The van der Waals surface area contributed by atoms with Gasteiger partial charge in [0.25, 0.3) is 20.2 Å². The molecule has 60 heavy (non-hydrogen) atoms. The summed E-state index contributed by atoms with van der Waals surface area (Å²) in [6.07, 6.45) is 0. The molecule has 5 rings (SSSR count). The highest BCUT2D eigenvalue weighted by Crippen LogP contribution is 2.30. The van der Waals surface area contributed by atoms with Gasteiger partial charge in [-0.1, -0.05) is 120 Å². The summed E-state index contributed by atoms with van der Waals surface area (Å²) in [5.41, 5.74) is 3.31. The number of hydrogen-bond acceptors (Lipinski definition) is 10. The van der Waals surface area contributed by atoms with Crippen LogP contribution in [0.15, 0.2) is 154 Å². The smallest absolute Gasteiger partial charge is 0.357 e. The zero-order valence-electron chi connectivity index (χ0n) is 34.3. The van der Waals surface area contributed by atoms with Gasteiger partial charge in [0.2, 0.25) is 0 Å². The fourth-order valence-electron chi connectivity index (χ4n) is 4.53. The van der Waals surface area contributed by atoms with Crippen molar-refractivity contribution in [3.63, 3.8) is 0 Å². The summed E-state index contributed by atoms with van der Waals surface area (Å²) >= 11 is -0.0703. The van der Waals surface area contributed by atoms with Crippen LogP contribution in [0.1, 0.15) is 66.5 Å². The quantitative estimate of drug-likeness (QED) is 0.116. The Morgan fingerprint density at radius 2 is 0.683 bits per heavy atom. The van der Waals surface area contributed by atoms with Crippen LogP contribution in [-0.2, 0) is 62.2 Å². The van der Waals surface area contributed by atoms with E-state index in [9.17, 15) is 42.8 Å². The normalized spacial score (nSPS) is 13.3. The van der Waals surface area contributed by atoms with E-state index in [1.165, 1.54) is 33.0 Å². The van der Waals surface area contributed by atoms with Crippen LogP contribution in [0.5, 0.6) is 0 Å². The number of benzene rings is 5. The molecule has 0 saturated carbocycles. The predicted molar refractivity (Wildman–Crippen MR) is 231 cm³/mol. The average molecular weight is 1040 g/mol. The first-order valence-corrected chi connectivity index (χ1v) is 27.3. The fraction of sp³-hybridized carbons (Fsp3) is 0.286. The number of halogens is 1. The Hall–Kier alpha value is -3.18. The molecule has 18 heteroatoms. The number of hydrogen-bond donors (Lipinski definition) is 2. The average Bonchev–Trinajstić information content (AvgIpc) is 3.15. The zero-order chi connectivity index (χ0) is 45.7. The molecular formula is C42H51IO12S5. The van der Waals surface area contributed by atoms with E-state index in [0.717, 1.165) is 0 Å². The van der Waals surface area contributed by atoms with E-state index in [2.05, 4.69) is 181 Å². The Labute approximate surface area is 369 Å². The lowest BCUT2D eigenvalue weighted by Crippen LogP contribution is -3.61. The Balaban J connectivity index is 0.000000292. The van der Waals surface area contributed by atoms with Crippen LogP contribution in [0.25, 0.3) is 0 Å². The summed E-state index contributed by atoms with van der Waals surface area (Å²) in [6.45, 7) is 14.8. The minimum Gasteiger partial charge on any atom is -0.747 e. The van der Waals surface area contributed by atoms with E-state index >= 15 is 0 Å². The number of rotatable bonds is 9. The van der Waals surface area contributed by atoms with Crippen LogP contribution in [0.4, 0.5) is 0 Å². The van der Waals surface area contributed by atoms with Crippen molar-refractivity contribution in [2.75, 3.05) is 0 Å². The van der Waals surface area contributed by atoms with E-state index in [1.54, 1.807) is 0 Å². The van der Waals surface area contributed by atoms with Gasteiger partial charge in [-0.15, -0.1) is 0 Å². The largest absolute Gasteiger partial charge is 0.747 e. The lowest BCUT2D eigenvalue weighted by Gasteiger charge is -2.18. The summed E-state index contributed by atoms with van der Waals surface area (Å²) in [5.74, 6) is 0. The molecule has 0 saturated heterocycles. The van der Waals surface area contributed by atoms with Gasteiger partial charge in [-0.05, 0) is 96.5 Å². The summed E-state index contributed by atoms with van der Waals surface area (Å²) in [4.78, 5) is 4.08. The molecule has 0 fully saturated rings. The SMILES string of the molecule is CC(C)(C)c1ccc([I+]c2ccc(C(C)(C)C)cc2)cc1.CC(S(=O)(=O)[O-])S(=O)(=O)O.CC(S(=O)(=O)[O-])S(=O)(=O)O.c1ccc([S+](c2ccccc2)c2ccccc2)cc1. The molecule has 5 aromatic carbocycles. The van der Waals surface area contributed by atoms with Crippen molar-refractivity contribution in [3.05, 3.63) is 158 Å². The molecule has 0 aliphatic heterocycles. The van der Waals surface area contributed by atoms with E-state index in [1.807, 2.05) is 0 Å². The maximum absolute atomic E-state index is 9.95. The minimum absolute atomic E-state index is 0.0146. The van der Waals surface area contributed by atoms with Gasteiger partial charge in [0.05, 0.1) is 10.9 Å². The summed E-state index contributed by atoms with van der Waals surface area (Å²) in [5, 5.41) is 0.